The Kier molecular flexibility index (Phi) is 7.18. The van der Waals surface area contributed by atoms with E-state index in [4.69, 9.17) is 9.47 Å². The van der Waals surface area contributed by atoms with Gasteiger partial charge in [0.25, 0.3) is 0 Å². The van der Waals surface area contributed by atoms with Crippen LogP contribution in [0.4, 0.5) is 5.69 Å². The molecule has 0 spiro atoms. The maximum atomic E-state index is 5.74. The number of ether oxygens (including phenoxy) is 2. The molecule has 1 heterocycles. The number of hydrogen-bond acceptors (Lipinski definition) is 4. The lowest BCUT2D eigenvalue weighted by molar-refractivity contribution is 0.282. The number of nitrogens with one attached hydrogen (secondary N) is 2. The van der Waals surface area contributed by atoms with E-state index in [9.17, 15) is 0 Å². The van der Waals surface area contributed by atoms with Crippen LogP contribution in [0.2, 0.25) is 0 Å². The molecule has 0 aromatic heterocycles. The molecular weight excluding hydrogens is 304 g/mol. The van der Waals surface area contributed by atoms with Crippen LogP contribution in [0, 0.1) is 0 Å². The van der Waals surface area contributed by atoms with Gasteiger partial charge in [-0.25, -0.2) is 0 Å². The fraction of sp³-hybridized carbons (Fsp3) is 0.611. The Bertz CT molecular complexity index is 546. The van der Waals surface area contributed by atoms with Crippen molar-refractivity contribution in [1.82, 2.24) is 10.2 Å². The van der Waals surface area contributed by atoms with Crippen molar-refractivity contribution in [2.24, 2.45) is 4.99 Å². The SMILES string of the molecule is CCNC(=NCCN(C)C(C)C)Nc1ccc2c(c1)OCCCO2. The Balaban J connectivity index is 2.00. The third kappa shape index (κ3) is 5.60. The number of fused-ring (bicyclic) bond motifs is 1. The fourth-order valence-corrected chi connectivity index (χ4v) is 2.26. The zero-order valence-corrected chi connectivity index (χ0v) is 15.3. The van der Waals surface area contributed by atoms with E-state index in [0.29, 0.717) is 19.3 Å². The smallest absolute Gasteiger partial charge is 0.195 e. The Morgan fingerprint density at radius 2 is 2.00 bits per heavy atom. The molecule has 0 saturated heterocycles. The van der Waals surface area contributed by atoms with E-state index in [-0.39, 0.29) is 0 Å². The van der Waals surface area contributed by atoms with E-state index in [0.717, 1.165) is 49.2 Å². The average molecular weight is 334 g/mol. The van der Waals surface area contributed by atoms with Crippen LogP contribution >= 0.6 is 0 Å². The molecule has 24 heavy (non-hydrogen) atoms. The van der Waals surface area contributed by atoms with Crippen LogP contribution in [-0.4, -0.2) is 56.8 Å². The number of hydrogen-bond donors (Lipinski definition) is 2. The van der Waals surface area contributed by atoms with Crippen molar-refractivity contribution in [2.45, 2.75) is 33.2 Å². The summed E-state index contributed by atoms with van der Waals surface area (Å²) in [6.45, 7) is 10.3. The van der Waals surface area contributed by atoms with E-state index in [1.807, 2.05) is 18.2 Å². The molecule has 1 aromatic carbocycles. The van der Waals surface area contributed by atoms with E-state index in [2.05, 4.69) is 48.3 Å². The molecule has 0 atom stereocenters. The van der Waals surface area contributed by atoms with Gasteiger partial charge in [-0.2, -0.15) is 0 Å². The largest absolute Gasteiger partial charge is 0.490 e. The minimum absolute atomic E-state index is 0.525. The predicted octanol–water partition coefficient (Wildman–Crippen LogP) is 2.57. The van der Waals surface area contributed by atoms with Crippen LogP contribution < -0.4 is 20.1 Å². The van der Waals surface area contributed by atoms with Crippen LogP contribution in [0.15, 0.2) is 23.2 Å². The first kappa shape index (κ1) is 18.4. The predicted molar refractivity (Wildman–Crippen MR) is 99.4 cm³/mol. The number of anilines is 1. The van der Waals surface area contributed by atoms with Crippen LogP contribution in [0.3, 0.4) is 0 Å². The summed E-state index contributed by atoms with van der Waals surface area (Å²) < 4.78 is 11.4. The van der Waals surface area contributed by atoms with Gasteiger partial charge in [0.2, 0.25) is 0 Å². The zero-order valence-electron chi connectivity index (χ0n) is 15.3. The van der Waals surface area contributed by atoms with Gasteiger partial charge >= 0.3 is 0 Å². The van der Waals surface area contributed by atoms with Crippen LogP contribution in [0.1, 0.15) is 27.2 Å². The van der Waals surface area contributed by atoms with E-state index in [1.165, 1.54) is 0 Å². The van der Waals surface area contributed by atoms with Gasteiger partial charge in [-0.05, 0) is 40.0 Å². The highest BCUT2D eigenvalue weighted by molar-refractivity contribution is 5.93. The number of benzene rings is 1. The molecule has 0 fully saturated rings. The molecule has 0 aliphatic carbocycles. The number of aliphatic imine (C=N–C) groups is 1. The molecule has 6 heteroatoms. The van der Waals surface area contributed by atoms with Gasteiger partial charge in [-0.3, -0.25) is 4.99 Å². The first-order valence-electron chi connectivity index (χ1n) is 8.75. The summed E-state index contributed by atoms with van der Waals surface area (Å²) in [5.74, 6) is 2.37. The summed E-state index contributed by atoms with van der Waals surface area (Å²) in [6.07, 6.45) is 0.908. The summed E-state index contributed by atoms with van der Waals surface area (Å²) in [4.78, 5) is 6.92. The average Bonchev–Trinajstić information content (AvgIpc) is 2.79. The summed E-state index contributed by atoms with van der Waals surface area (Å²) in [7, 11) is 2.12. The lowest BCUT2D eigenvalue weighted by Crippen LogP contribution is -2.33. The standard InChI is InChI=1S/C18H30N4O2/c1-5-19-18(20-9-10-22(4)14(2)3)21-15-7-8-16-17(13-15)24-12-6-11-23-16/h7-8,13-14H,5-6,9-12H2,1-4H3,(H2,19,20,21). The molecule has 0 bridgehead atoms. The van der Waals surface area contributed by atoms with Crippen LogP contribution in [0.5, 0.6) is 11.5 Å². The van der Waals surface area contributed by atoms with Crippen molar-refractivity contribution in [3.8, 4) is 11.5 Å². The maximum Gasteiger partial charge on any atom is 0.195 e. The molecule has 2 N–H and O–H groups in total. The number of nitrogens with zero attached hydrogens (tertiary/aromatic N) is 2. The molecule has 1 aromatic rings. The molecule has 1 aliphatic heterocycles. The highest BCUT2D eigenvalue weighted by Crippen LogP contribution is 2.32. The molecule has 0 unspecified atom stereocenters. The Labute approximate surface area is 145 Å². The minimum atomic E-state index is 0.525. The molecule has 2 rings (SSSR count). The fourth-order valence-electron chi connectivity index (χ4n) is 2.26. The molecule has 6 nitrogen and oxygen atoms in total. The normalized spacial score (nSPS) is 14.7. The molecule has 1 aliphatic rings. The summed E-state index contributed by atoms with van der Waals surface area (Å²) >= 11 is 0. The second-order valence-electron chi connectivity index (χ2n) is 6.17. The van der Waals surface area contributed by atoms with Crippen molar-refractivity contribution in [3.63, 3.8) is 0 Å². The second kappa shape index (κ2) is 9.37. The van der Waals surface area contributed by atoms with Crippen LogP contribution in [0.25, 0.3) is 0 Å². The lowest BCUT2D eigenvalue weighted by atomic mass is 10.3. The molecule has 134 valence electrons. The minimum Gasteiger partial charge on any atom is -0.490 e. The molecule has 0 saturated carbocycles. The van der Waals surface area contributed by atoms with Gasteiger partial charge in [0.15, 0.2) is 17.5 Å². The summed E-state index contributed by atoms with van der Waals surface area (Å²) in [5.41, 5.74) is 0.941. The van der Waals surface area contributed by atoms with Crippen molar-refractivity contribution >= 4 is 11.6 Å². The zero-order chi connectivity index (χ0) is 17.4. The van der Waals surface area contributed by atoms with Crippen molar-refractivity contribution in [3.05, 3.63) is 18.2 Å². The van der Waals surface area contributed by atoms with Gasteiger partial charge < -0.3 is 25.0 Å². The number of guanidine groups is 1. The quantitative estimate of drug-likeness (QED) is 0.618. The second-order valence-corrected chi connectivity index (χ2v) is 6.17. The Morgan fingerprint density at radius 3 is 2.71 bits per heavy atom. The van der Waals surface area contributed by atoms with E-state index in [1.54, 1.807) is 0 Å². The third-order valence-corrected chi connectivity index (χ3v) is 3.96. The van der Waals surface area contributed by atoms with Gasteiger partial charge in [-0.15, -0.1) is 0 Å². The highest BCUT2D eigenvalue weighted by Gasteiger charge is 2.11. The highest BCUT2D eigenvalue weighted by atomic mass is 16.5. The van der Waals surface area contributed by atoms with Crippen molar-refractivity contribution < 1.29 is 9.47 Å². The topological polar surface area (TPSA) is 58.1 Å². The van der Waals surface area contributed by atoms with Crippen LogP contribution in [-0.2, 0) is 0 Å². The summed E-state index contributed by atoms with van der Waals surface area (Å²) in [6, 6.07) is 6.42. The monoisotopic (exact) mass is 334 g/mol. The van der Waals surface area contributed by atoms with Gasteiger partial charge in [-0.1, -0.05) is 0 Å². The van der Waals surface area contributed by atoms with Crippen molar-refractivity contribution in [1.29, 1.82) is 0 Å². The van der Waals surface area contributed by atoms with Crippen molar-refractivity contribution in [2.75, 3.05) is 45.2 Å². The number of likely N-dealkylation sites (N-methyl/N-ethyl adjacent to an activating group) is 1. The first-order chi connectivity index (χ1) is 11.6. The first-order valence-corrected chi connectivity index (χ1v) is 8.75. The summed E-state index contributed by atoms with van der Waals surface area (Å²) in [5, 5.41) is 6.61. The maximum absolute atomic E-state index is 5.74. The van der Waals surface area contributed by atoms with E-state index >= 15 is 0 Å². The third-order valence-electron chi connectivity index (χ3n) is 3.96. The Morgan fingerprint density at radius 1 is 1.25 bits per heavy atom. The van der Waals surface area contributed by atoms with Gasteiger partial charge in [0.05, 0.1) is 19.8 Å². The molecule has 0 amide bonds. The Hall–Kier alpha value is -1.95. The number of rotatable bonds is 6. The molecular formula is C18H30N4O2. The van der Waals surface area contributed by atoms with Gasteiger partial charge in [0, 0.05) is 37.3 Å². The lowest BCUT2D eigenvalue weighted by Gasteiger charge is -2.20. The molecule has 0 radical (unpaired) electrons. The van der Waals surface area contributed by atoms with E-state index < -0.39 is 0 Å². The van der Waals surface area contributed by atoms with Gasteiger partial charge in [0.1, 0.15) is 0 Å².